The SMILES string of the molecule is CN(CC(=O)O)c1ccnc2ocnc12. The molecular weight excluding hydrogens is 198 g/mol. The first-order valence-electron chi connectivity index (χ1n) is 4.29. The molecule has 1 N–H and O–H groups in total. The van der Waals surface area contributed by atoms with Gasteiger partial charge in [-0.2, -0.15) is 0 Å². The fraction of sp³-hybridized carbons (Fsp3) is 0.222. The monoisotopic (exact) mass is 207 g/mol. The molecule has 0 amide bonds. The molecular formula is C9H9N3O3. The first kappa shape index (κ1) is 9.45. The lowest BCUT2D eigenvalue weighted by Gasteiger charge is -2.15. The number of carboxylic acids is 1. The Bertz CT molecular complexity index is 494. The first-order valence-corrected chi connectivity index (χ1v) is 4.29. The maximum atomic E-state index is 10.6. The van der Waals surface area contributed by atoms with Gasteiger partial charge in [-0.05, 0) is 6.07 Å². The molecule has 0 aliphatic heterocycles. The number of hydrogen-bond acceptors (Lipinski definition) is 5. The van der Waals surface area contributed by atoms with Gasteiger partial charge in [-0.15, -0.1) is 0 Å². The van der Waals surface area contributed by atoms with Crippen LogP contribution in [-0.4, -0.2) is 34.6 Å². The van der Waals surface area contributed by atoms with Gasteiger partial charge in [0.05, 0.1) is 5.69 Å². The van der Waals surface area contributed by atoms with Crippen molar-refractivity contribution in [2.45, 2.75) is 0 Å². The highest BCUT2D eigenvalue weighted by molar-refractivity contribution is 5.86. The lowest BCUT2D eigenvalue weighted by Crippen LogP contribution is -2.25. The smallest absolute Gasteiger partial charge is 0.323 e. The van der Waals surface area contributed by atoms with Crippen molar-refractivity contribution in [3.8, 4) is 0 Å². The second kappa shape index (κ2) is 3.56. The van der Waals surface area contributed by atoms with Crippen LogP contribution in [0.2, 0.25) is 0 Å². The van der Waals surface area contributed by atoms with Gasteiger partial charge in [-0.1, -0.05) is 0 Å². The van der Waals surface area contributed by atoms with Crippen molar-refractivity contribution in [3.63, 3.8) is 0 Å². The lowest BCUT2D eigenvalue weighted by molar-refractivity contribution is -0.135. The van der Waals surface area contributed by atoms with Crippen molar-refractivity contribution in [1.82, 2.24) is 9.97 Å². The first-order chi connectivity index (χ1) is 7.18. The Hall–Kier alpha value is -2.11. The molecule has 0 saturated carbocycles. The number of hydrogen-bond donors (Lipinski definition) is 1. The van der Waals surface area contributed by atoms with E-state index in [1.807, 2.05) is 0 Å². The quantitative estimate of drug-likeness (QED) is 0.799. The molecule has 6 nitrogen and oxygen atoms in total. The third kappa shape index (κ3) is 1.74. The van der Waals surface area contributed by atoms with Crippen molar-refractivity contribution in [3.05, 3.63) is 18.7 Å². The number of rotatable bonds is 3. The Kier molecular flexibility index (Phi) is 2.24. The van der Waals surface area contributed by atoms with Gasteiger partial charge >= 0.3 is 5.97 Å². The van der Waals surface area contributed by atoms with Crippen LogP contribution in [0.4, 0.5) is 5.69 Å². The fourth-order valence-corrected chi connectivity index (χ4v) is 1.36. The fourth-order valence-electron chi connectivity index (χ4n) is 1.36. The molecule has 0 fully saturated rings. The highest BCUT2D eigenvalue weighted by atomic mass is 16.4. The van der Waals surface area contributed by atoms with E-state index in [0.29, 0.717) is 16.9 Å². The van der Waals surface area contributed by atoms with Crippen LogP contribution in [0, 0.1) is 0 Å². The Morgan fingerprint density at radius 3 is 3.13 bits per heavy atom. The Morgan fingerprint density at radius 2 is 2.40 bits per heavy atom. The average Bonchev–Trinajstić information content (AvgIpc) is 2.63. The van der Waals surface area contributed by atoms with Gasteiger partial charge in [0.1, 0.15) is 6.54 Å². The van der Waals surface area contributed by atoms with Crippen molar-refractivity contribution >= 4 is 22.9 Å². The maximum absolute atomic E-state index is 10.6. The summed E-state index contributed by atoms with van der Waals surface area (Å²) in [5, 5.41) is 8.67. The van der Waals surface area contributed by atoms with Crippen LogP contribution in [-0.2, 0) is 4.79 Å². The van der Waals surface area contributed by atoms with E-state index in [9.17, 15) is 4.79 Å². The highest BCUT2D eigenvalue weighted by Gasteiger charge is 2.12. The molecule has 0 atom stereocenters. The molecule has 2 heterocycles. The molecule has 0 aliphatic carbocycles. The number of fused-ring (bicyclic) bond motifs is 1. The van der Waals surface area contributed by atoms with E-state index in [1.54, 1.807) is 24.2 Å². The van der Waals surface area contributed by atoms with Crippen LogP contribution in [0.3, 0.4) is 0 Å². The van der Waals surface area contributed by atoms with Crippen LogP contribution in [0.25, 0.3) is 11.2 Å². The van der Waals surface area contributed by atoms with E-state index in [1.165, 1.54) is 6.39 Å². The van der Waals surface area contributed by atoms with Crippen LogP contribution < -0.4 is 4.90 Å². The predicted octanol–water partition coefficient (Wildman–Crippen LogP) is 0.744. The van der Waals surface area contributed by atoms with E-state index >= 15 is 0 Å². The van der Waals surface area contributed by atoms with Crippen LogP contribution in [0.5, 0.6) is 0 Å². The molecule has 0 radical (unpaired) electrons. The molecule has 15 heavy (non-hydrogen) atoms. The standard InChI is InChI=1S/C9H9N3O3/c1-12(4-7(13)14)6-2-3-10-9-8(6)11-5-15-9/h2-3,5H,4H2,1H3,(H,13,14). The van der Waals surface area contributed by atoms with E-state index in [-0.39, 0.29) is 6.54 Å². The van der Waals surface area contributed by atoms with E-state index < -0.39 is 5.97 Å². The number of likely N-dealkylation sites (N-methyl/N-ethyl adjacent to an activating group) is 1. The number of anilines is 1. The Balaban J connectivity index is 2.42. The van der Waals surface area contributed by atoms with Gasteiger partial charge in [-0.25, -0.2) is 9.97 Å². The lowest BCUT2D eigenvalue weighted by atomic mass is 10.3. The summed E-state index contributed by atoms with van der Waals surface area (Å²) in [7, 11) is 1.68. The predicted molar refractivity (Wildman–Crippen MR) is 52.7 cm³/mol. The molecule has 2 rings (SSSR count). The second-order valence-corrected chi connectivity index (χ2v) is 3.09. The summed E-state index contributed by atoms with van der Waals surface area (Å²) >= 11 is 0. The number of carbonyl (C=O) groups is 1. The zero-order valence-electron chi connectivity index (χ0n) is 8.04. The van der Waals surface area contributed by atoms with Crippen molar-refractivity contribution in [2.24, 2.45) is 0 Å². The van der Waals surface area contributed by atoms with Crippen LogP contribution in [0.1, 0.15) is 0 Å². The minimum atomic E-state index is -0.897. The molecule has 78 valence electrons. The van der Waals surface area contributed by atoms with Gasteiger partial charge in [0, 0.05) is 13.2 Å². The number of carboxylic acid groups (broad SMARTS) is 1. The van der Waals surface area contributed by atoms with Gasteiger partial charge in [-0.3, -0.25) is 4.79 Å². The molecule has 2 aromatic rings. The molecule has 0 aliphatic rings. The average molecular weight is 207 g/mol. The summed E-state index contributed by atoms with van der Waals surface area (Å²) in [4.78, 5) is 20.1. The van der Waals surface area contributed by atoms with Gasteiger partial charge < -0.3 is 14.4 Å². The van der Waals surface area contributed by atoms with Crippen molar-refractivity contribution < 1.29 is 14.3 Å². The minimum Gasteiger partial charge on any atom is -0.480 e. The minimum absolute atomic E-state index is 0.0913. The third-order valence-electron chi connectivity index (χ3n) is 2.00. The maximum Gasteiger partial charge on any atom is 0.323 e. The number of oxazole rings is 1. The molecule has 0 aromatic carbocycles. The molecule has 0 unspecified atom stereocenters. The van der Waals surface area contributed by atoms with Gasteiger partial charge in [0.15, 0.2) is 11.9 Å². The van der Waals surface area contributed by atoms with Gasteiger partial charge in [0.2, 0.25) is 5.71 Å². The molecule has 0 bridgehead atoms. The molecule has 0 saturated heterocycles. The van der Waals surface area contributed by atoms with Crippen molar-refractivity contribution in [2.75, 3.05) is 18.5 Å². The van der Waals surface area contributed by atoms with E-state index in [2.05, 4.69) is 9.97 Å². The molecule has 0 spiro atoms. The summed E-state index contributed by atoms with van der Waals surface area (Å²) in [6, 6.07) is 1.70. The zero-order chi connectivity index (χ0) is 10.8. The topological polar surface area (TPSA) is 79.5 Å². The summed E-state index contributed by atoms with van der Waals surface area (Å²) in [6.07, 6.45) is 2.84. The third-order valence-corrected chi connectivity index (χ3v) is 2.00. The summed E-state index contributed by atoms with van der Waals surface area (Å²) in [6.45, 7) is -0.0913. The summed E-state index contributed by atoms with van der Waals surface area (Å²) < 4.78 is 5.02. The van der Waals surface area contributed by atoms with Crippen LogP contribution in [0.15, 0.2) is 23.1 Å². The van der Waals surface area contributed by atoms with E-state index in [4.69, 9.17) is 9.52 Å². The largest absolute Gasteiger partial charge is 0.480 e. The number of nitrogens with zero attached hydrogens (tertiary/aromatic N) is 3. The van der Waals surface area contributed by atoms with Crippen LogP contribution >= 0.6 is 0 Å². The Morgan fingerprint density at radius 1 is 1.60 bits per heavy atom. The van der Waals surface area contributed by atoms with E-state index in [0.717, 1.165) is 0 Å². The molecule has 6 heteroatoms. The zero-order valence-corrected chi connectivity index (χ0v) is 8.04. The number of aliphatic carboxylic acids is 1. The molecule has 2 aromatic heterocycles. The number of pyridine rings is 1. The van der Waals surface area contributed by atoms with Gasteiger partial charge in [0.25, 0.3) is 0 Å². The normalized spacial score (nSPS) is 10.5. The summed E-state index contributed by atoms with van der Waals surface area (Å²) in [5.74, 6) is -0.897. The Labute approximate surface area is 85.2 Å². The highest BCUT2D eigenvalue weighted by Crippen LogP contribution is 2.22. The summed E-state index contributed by atoms with van der Waals surface area (Å²) in [5.41, 5.74) is 1.67. The second-order valence-electron chi connectivity index (χ2n) is 3.09. The number of aromatic nitrogens is 2. The van der Waals surface area contributed by atoms with Crippen molar-refractivity contribution in [1.29, 1.82) is 0 Å².